The average Bonchev–Trinajstić information content (AvgIpc) is 2.01. The van der Waals surface area contributed by atoms with Crippen molar-refractivity contribution in [3.8, 4) is 0 Å². The van der Waals surface area contributed by atoms with Crippen LogP contribution in [0.4, 0.5) is 11.4 Å². The van der Waals surface area contributed by atoms with Crippen LogP contribution in [0.3, 0.4) is 0 Å². The van der Waals surface area contributed by atoms with Gasteiger partial charge >= 0.3 is 0 Å². The number of alkyl halides is 3. The molecule has 0 heterocycles. The Morgan fingerprint density at radius 2 is 1.93 bits per heavy atom. The van der Waals surface area contributed by atoms with E-state index in [0.717, 1.165) is 0 Å². The van der Waals surface area contributed by atoms with E-state index in [2.05, 4.69) is 0 Å². The summed E-state index contributed by atoms with van der Waals surface area (Å²) in [5.41, 5.74) is 5.43. The molecule has 0 radical (unpaired) electrons. The predicted molar refractivity (Wildman–Crippen MR) is 56.7 cm³/mol. The van der Waals surface area contributed by atoms with Gasteiger partial charge in [0.15, 0.2) is 0 Å². The summed E-state index contributed by atoms with van der Waals surface area (Å²) in [6.07, 6.45) is 0. The highest BCUT2D eigenvalue weighted by Gasteiger charge is 2.31. The van der Waals surface area contributed by atoms with Crippen LogP contribution in [0.25, 0.3) is 0 Å². The van der Waals surface area contributed by atoms with Crippen molar-refractivity contribution in [1.82, 2.24) is 0 Å². The lowest BCUT2D eigenvalue weighted by atomic mass is 10.2. The number of nitro groups is 1. The Morgan fingerprint density at radius 1 is 1.36 bits per heavy atom. The number of benzene rings is 1. The Balaban J connectivity index is 3.38. The van der Waals surface area contributed by atoms with E-state index >= 15 is 0 Å². The van der Waals surface area contributed by atoms with Crippen LogP contribution in [-0.2, 0) is 3.79 Å². The monoisotopic (exact) mass is 254 g/mol. The van der Waals surface area contributed by atoms with Gasteiger partial charge in [-0.25, -0.2) is 0 Å². The molecule has 2 N–H and O–H groups in total. The number of rotatable bonds is 1. The number of nitro benzene ring substituents is 1. The SMILES string of the molecule is Nc1ccc([N+](=O)[O-])c(C(Cl)(Cl)Cl)c1. The fraction of sp³-hybridized carbons (Fsp3) is 0.143. The van der Waals surface area contributed by atoms with Crippen LogP contribution in [0.2, 0.25) is 0 Å². The Morgan fingerprint density at radius 3 is 2.36 bits per heavy atom. The molecule has 0 amide bonds. The molecule has 0 bridgehead atoms. The number of anilines is 1. The minimum Gasteiger partial charge on any atom is -0.399 e. The summed E-state index contributed by atoms with van der Waals surface area (Å²) in [5.74, 6) is 0. The standard InChI is InChI=1S/C7H5Cl3N2O2/c8-7(9,10)5-3-4(11)1-2-6(5)12(13)14/h1-3H,11H2. The maximum Gasteiger partial charge on any atom is 0.277 e. The molecular formula is C7H5Cl3N2O2. The summed E-state index contributed by atoms with van der Waals surface area (Å²) in [6.45, 7) is 0. The zero-order valence-corrected chi connectivity index (χ0v) is 8.97. The summed E-state index contributed by atoms with van der Waals surface area (Å²) < 4.78 is -1.85. The highest BCUT2D eigenvalue weighted by molar-refractivity contribution is 6.67. The van der Waals surface area contributed by atoms with Crippen LogP contribution in [0.15, 0.2) is 18.2 Å². The summed E-state index contributed by atoms with van der Waals surface area (Å²) in [5, 5.41) is 10.6. The number of halogens is 3. The fourth-order valence-corrected chi connectivity index (χ4v) is 1.39. The Bertz CT molecular complexity index is 376. The van der Waals surface area contributed by atoms with Gasteiger partial charge in [-0.3, -0.25) is 10.1 Å². The molecule has 1 rings (SSSR count). The molecule has 14 heavy (non-hydrogen) atoms. The summed E-state index contributed by atoms with van der Waals surface area (Å²) >= 11 is 16.7. The van der Waals surface area contributed by atoms with Gasteiger partial charge in [-0.05, 0) is 12.1 Å². The van der Waals surface area contributed by atoms with Crippen LogP contribution in [0.5, 0.6) is 0 Å². The second-order valence-electron chi connectivity index (χ2n) is 2.53. The van der Waals surface area contributed by atoms with Gasteiger partial charge in [0, 0.05) is 11.8 Å². The third-order valence-electron chi connectivity index (χ3n) is 1.52. The number of nitrogen functional groups attached to an aromatic ring is 1. The second kappa shape index (κ2) is 3.81. The van der Waals surface area contributed by atoms with E-state index in [-0.39, 0.29) is 11.3 Å². The third kappa shape index (κ3) is 2.41. The lowest BCUT2D eigenvalue weighted by molar-refractivity contribution is -0.385. The topological polar surface area (TPSA) is 69.2 Å². The second-order valence-corrected chi connectivity index (χ2v) is 4.81. The van der Waals surface area contributed by atoms with E-state index in [4.69, 9.17) is 40.5 Å². The maximum atomic E-state index is 10.6. The number of nitrogens with two attached hydrogens (primary N) is 1. The molecule has 0 atom stereocenters. The molecule has 0 fully saturated rings. The van der Waals surface area contributed by atoms with Crippen molar-refractivity contribution in [2.75, 3.05) is 5.73 Å². The van der Waals surface area contributed by atoms with Crippen LogP contribution >= 0.6 is 34.8 Å². The quantitative estimate of drug-likeness (QED) is 0.363. The number of nitrogens with zero attached hydrogens (tertiary/aromatic N) is 1. The Labute approximate surface area is 94.7 Å². The largest absolute Gasteiger partial charge is 0.399 e. The van der Waals surface area contributed by atoms with Crippen molar-refractivity contribution in [3.63, 3.8) is 0 Å². The van der Waals surface area contributed by atoms with E-state index < -0.39 is 8.72 Å². The van der Waals surface area contributed by atoms with Gasteiger partial charge in [-0.1, -0.05) is 34.8 Å². The van der Waals surface area contributed by atoms with Crippen molar-refractivity contribution < 1.29 is 4.92 Å². The van der Waals surface area contributed by atoms with Crippen molar-refractivity contribution in [3.05, 3.63) is 33.9 Å². The first-order valence-corrected chi connectivity index (χ1v) is 4.57. The van der Waals surface area contributed by atoms with Gasteiger partial charge in [0.25, 0.3) is 5.69 Å². The van der Waals surface area contributed by atoms with Crippen LogP contribution < -0.4 is 5.73 Å². The number of hydrogen-bond donors (Lipinski definition) is 1. The summed E-state index contributed by atoms with van der Waals surface area (Å²) in [7, 11) is 0. The highest BCUT2D eigenvalue weighted by atomic mass is 35.6. The fourth-order valence-electron chi connectivity index (χ4n) is 0.940. The maximum absolute atomic E-state index is 10.6. The van der Waals surface area contributed by atoms with Crippen molar-refractivity contribution in [2.45, 2.75) is 3.79 Å². The zero-order valence-electron chi connectivity index (χ0n) is 6.71. The first kappa shape index (κ1) is 11.4. The number of hydrogen-bond acceptors (Lipinski definition) is 3. The van der Waals surface area contributed by atoms with Gasteiger partial charge < -0.3 is 5.73 Å². The van der Waals surface area contributed by atoms with Gasteiger partial charge in [0.2, 0.25) is 3.79 Å². The van der Waals surface area contributed by atoms with Crippen molar-refractivity contribution >= 4 is 46.2 Å². The average molecular weight is 255 g/mol. The Hall–Kier alpha value is -0.710. The molecule has 7 heteroatoms. The van der Waals surface area contributed by atoms with Gasteiger partial charge in [-0.15, -0.1) is 0 Å². The normalized spacial score (nSPS) is 11.4. The molecular weight excluding hydrogens is 250 g/mol. The molecule has 0 saturated heterocycles. The van der Waals surface area contributed by atoms with Crippen molar-refractivity contribution in [2.24, 2.45) is 0 Å². The van der Waals surface area contributed by atoms with E-state index in [1.165, 1.54) is 18.2 Å². The predicted octanol–water partition coefficient (Wildman–Crippen LogP) is 3.00. The minimum atomic E-state index is -1.85. The molecule has 1 aromatic carbocycles. The lowest BCUT2D eigenvalue weighted by Gasteiger charge is -2.11. The molecule has 0 spiro atoms. The first-order chi connectivity index (χ1) is 6.32. The third-order valence-corrected chi connectivity index (χ3v) is 2.13. The van der Waals surface area contributed by atoms with E-state index in [9.17, 15) is 10.1 Å². The van der Waals surface area contributed by atoms with E-state index in [1.54, 1.807) is 0 Å². The summed E-state index contributed by atoms with van der Waals surface area (Å²) in [6, 6.07) is 3.84. The first-order valence-electron chi connectivity index (χ1n) is 3.43. The van der Waals surface area contributed by atoms with Gasteiger partial charge in [0.05, 0.1) is 10.5 Å². The van der Waals surface area contributed by atoms with Gasteiger partial charge in [0.1, 0.15) is 0 Å². The molecule has 4 nitrogen and oxygen atoms in total. The minimum absolute atomic E-state index is 0.0347. The molecule has 0 aliphatic heterocycles. The molecule has 76 valence electrons. The molecule has 0 aliphatic carbocycles. The molecule has 1 aromatic rings. The molecule has 0 unspecified atom stereocenters. The highest BCUT2D eigenvalue weighted by Crippen LogP contribution is 2.43. The van der Waals surface area contributed by atoms with Crippen LogP contribution in [0.1, 0.15) is 5.56 Å². The smallest absolute Gasteiger partial charge is 0.277 e. The van der Waals surface area contributed by atoms with E-state index in [1.807, 2.05) is 0 Å². The molecule has 0 saturated carbocycles. The van der Waals surface area contributed by atoms with Crippen molar-refractivity contribution in [1.29, 1.82) is 0 Å². The van der Waals surface area contributed by atoms with Gasteiger partial charge in [-0.2, -0.15) is 0 Å². The molecule has 0 aliphatic rings. The summed E-state index contributed by atoms with van der Waals surface area (Å²) in [4.78, 5) is 9.94. The zero-order chi connectivity index (χ0) is 10.9. The Kier molecular flexibility index (Phi) is 3.09. The lowest BCUT2D eigenvalue weighted by Crippen LogP contribution is -2.06. The molecule has 0 aromatic heterocycles. The van der Waals surface area contributed by atoms with Crippen LogP contribution in [0, 0.1) is 10.1 Å². The van der Waals surface area contributed by atoms with Crippen LogP contribution in [-0.4, -0.2) is 4.92 Å². The van der Waals surface area contributed by atoms with E-state index in [0.29, 0.717) is 5.69 Å².